The van der Waals surface area contributed by atoms with Crippen molar-refractivity contribution in [3.8, 4) is 0 Å². The molecule has 0 bridgehead atoms. The van der Waals surface area contributed by atoms with Crippen molar-refractivity contribution in [1.82, 2.24) is 10.3 Å². The number of carbonyl (C=O) groups is 1. The molecular formula is C7H6N3O. The number of hydrogen-bond donors (Lipinski definition) is 1. The zero-order valence-electron chi connectivity index (χ0n) is 5.74. The van der Waals surface area contributed by atoms with Gasteiger partial charge in [-0.25, -0.2) is 10.1 Å². The van der Waals surface area contributed by atoms with Crippen LogP contribution in [0.15, 0.2) is 18.5 Å². The lowest BCUT2D eigenvalue weighted by Crippen LogP contribution is -2.27. The number of carbonyl (C=O) groups excluding carboxylic acids is 1. The van der Waals surface area contributed by atoms with Gasteiger partial charge in [-0.15, -0.1) is 0 Å². The van der Waals surface area contributed by atoms with Gasteiger partial charge in [-0.05, 0) is 6.07 Å². The molecule has 0 aromatic carbocycles. The van der Waals surface area contributed by atoms with Gasteiger partial charge >= 0.3 is 6.03 Å². The number of nitrogens with zero attached hydrogens (tertiary/aromatic N) is 2. The van der Waals surface area contributed by atoms with Crippen molar-refractivity contribution in [3.63, 3.8) is 0 Å². The second-order valence-corrected chi connectivity index (χ2v) is 2.28. The highest BCUT2D eigenvalue weighted by Crippen LogP contribution is 2.16. The van der Waals surface area contributed by atoms with Crippen LogP contribution in [-0.4, -0.2) is 11.0 Å². The maximum atomic E-state index is 10.7. The van der Waals surface area contributed by atoms with E-state index in [2.05, 4.69) is 15.6 Å². The highest BCUT2D eigenvalue weighted by molar-refractivity contribution is 5.91. The number of pyridine rings is 1. The summed E-state index contributed by atoms with van der Waals surface area (Å²) in [6, 6.07) is 1.49. The molecule has 0 spiro atoms. The topological polar surface area (TPSA) is 56.1 Å². The molecule has 0 aliphatic carbocycles. The van der Waals surface area contributed by atoms with Crippen LogP contribution in [0.4, 0.5) is 10.5 Å². The van der Waals surface area contributed by atoms with Crippen molar-refractivity contribution < 1.29 is 4.79 Å². The van der Waals surface area contributed by atoms with Gasteiger partial charge in [-0.1, -0.05) is 0 Å². The fourth-order valence-corrected chi connectivity index (χ4v) is 0.987. The van der Waals surface area contributed by atoms with Crippen LogP contribution in [0.2, 0.25) is 0 Å². The molecule has 0 saturated heterocycles. The molecule has 0 fully saturated rings. The Balaban J connectivity index is 2.41. The Morgan fingerprint density at radius 2 is 2.45 bits per heavy atom. The summed E-state index contributed by atoms with van der Waals surface area (Å²) in [5.41, 5.74) is 1.78. The minimum Gasteiger partial charge on any atom is -0.306 e. The second-order valence-electron chi connectivity index (χ2n) is 2.28. The van der Waals surface area contributed by atoms with Gasteiger partial charge in [-0.3, -0.25) is 4.98 Å². The summed E-state index contributed by atoms with van der Waals surface area (Å²) in [4.78, 5) is 14.6. The SMILES string of the molecule is O=C1[N]Cc2cnccc2N1. The molecule has 4 nitrogen and oxygen atoms in total. The summed E-state index contributed by atoms with van der Waals surface area (Å²) in [7, 11) is 0. The third-order valence-electron chi connectivity index (χ3n) is 1.54. The van der Waals surface area contributed by atoms with Gasteiger partial charge in [0.1, 0.15) is 0 Å². The lowest BCUT2D eigenvalue weighted by atomic mass is 10.2. The second kappa shape index (κ2) is 2.23. The van der Waals surface area contributed by atoms with Gasteiger partial charge in [0, 0.05) is 18.0 Å². The van der Waals surface area contributed by atoms with Crippen LogP contribution < -0.4 is 10.6 Å². The molecule has 1 aromatic heterocycles. The van der Waals surface area contributed by atoms with E-state index in [0.29, 0.717) is 6.54 Å². The van der Waals surface area contributed by atoms with Crippen molar-refractivity contribution in [2.45, 2.75) is 6.54 Å². The van der Waals surface area contributed by atoms with Crippen LogP contribution >= 0.6 is 0 Å². The van der Waals surface area contributed by atoms with E-state index in [4.69, 9.17) is 0 Å². The van der Waals surface area contributed by atoms with Gasteiger partial charge in [0.15, 0.2) is 0 Å². The molecule has 0 saturated carbocycles. The number of anilines is 1. The maximum absolute atomic E-state index is 10.7. The Bertz CT molecular complexity index is 297. The molecule has 55 valence electrons. The van der Waals surface area contributed by atoms with Crippen LogP contribution in [0.1, 0.15) is 5.56 Å². The van der Waals surface area contributed by atoms with Crippen molar-refractivity contribution in [2.75, 3.05) is 5.32 Å². The molecule has 1 radical (unpaired) electrons. The summed E-state index contributed by atoms with van der Waals surface area (Å²) >= 11 is 0. The minimum atomic E-state index is -0.274. The zero-order valence-corrected chi connectivity index (χ0v) is 5.74. The number of amides is 2. The first kappa shape index (κ1) is 6.15. The molecule has 1 aliphatic rings. The highest BCUT2D eigenvalue weighted by Gasteiger charge is 2.13. The van der Waals surface area contributed by atoms with E-state index in [-0.39, 0.29) is 6.03 Å². The van der Waals surface area contributed by atoms with Crippen LogP contribution in [-0.2, 0) is 6.54 Å². The van der Waals surface area contributed by atoms with Crippen molar-refractivity contribution >= 4 is 11.7 Å². The third-order valence-corrected chi connectivity index (χ3v) is 1.54. The monoisotopic (exact) mass is 148 g/mol. The number of fused-ring (bicyclic) bond motifs is 1. The predicted molar refractivity (Wildman–Crippen MR) is 39.1 cm³/mol. The van der Waals surface area contributed by atoms with E-state index in [9.17, 15) is 4.79 Å². The quantitative estimate of drug-likeness (QED) is 0.589. The predicted octanol–water partition coefficient (Wildman–Crippen LogP) is 0.731. The molecule has 4 heteroatoms. The lowest BCUT2D eigenvalue weighted by Gasteiger charge is -2.14. The lowest BCUT2D eigenvalue weighted by molar-refractivity contribution is 0.250. The van der Waals surface area contributed by atoms with Gasteiger partial charge in [-0.2, -0.15) is 0 Å². The Morgan fingerprint density at radius 1 is 1.55 bits per heavy atom. The number of rotatable bonds is 0. The molecule has 1 N–H and O–H groups in total. The molecule has 0 unspecified atom stereocenters. The van der Waals surface area contributed by atoms with Gasteiger partial charge < -0.3 is 5.32 Å². The van der Waals surface area contributed by atoms with Crippen LogP contribution in [0, 0.1) is 0 Å². The highest BCUT2D eigenvalue weighted by atomic mass is 16.2. The first-order chi connectivity index (χ1) is 5.36. The van der Waals surface area contributed by atoms with E-state index < -0.39 is 0 Å². The van der Waals surface area contributed by atoms with Gasteiger partial charge in [0.2, 0.25) is 0 Å². The van der Waals surface area contributed by atoms with Crippen LogP contribution in [0.25, 0.3) is 0 Å². The van der Waals surface area contributed by atoms with Crippen LogP contribution in [0.3, 0.4) is 0 Å². The van der Waals surface area contributed by atoms with E-state index in [1.807, 2.05) is 0 Å². The smallest absolute Gasteiger partial charge is 0.306 e. The standard InChI is InChI=1S/C7H6N3O/c11-7-9-4-5-3-8-2-1-6(5)10-7/h1-3H,4H2,(H,10,11). The first-order valence-corrected chi connectivity index (χ1v) is 3.27. The minimum absolute atomic E-state index is 0.274. The molecule has 11 heavy (non-hydrogen) atoms. The van der Waals surface area contributed by atoms with Crippen LogP contribution in [0.5, 0.6) is 0 Å². The Kier molecular flexibility index (Phi) is 1.25. The van der Waals surface area contributed by atoms with Gasteiger partial charge in [0.25, 0.3) is 0 Å². The molecule has 2 amide bonds. The number of nitrogens with one attached hydrogen (secondary N) is 1. The molecule has 1 aromatic rings. The fraction of sp³-hybridized carbons (Fsp3) is 0.143. The van der Waals surface area contributed by atoms with Crippen molar-refractivity contribution in [3.05, 3.63) is 24.0 Å². The van der Waals surface area contributed by atoms with E-state index >= 15 is 0 Å². The van der Waals surface area contributed by atoms with E-state index in [1.54, 1.807) is 18.5 Å². The summed E-state index contributed by atoms with van der Waals surface area (Å²) in [5, 5.41) is 6.30. The maximum Gasteiger partial charge on any atom is 0.341 e. The molecule has 2 rings (SSSR count). The van der Waals surface area contributed by atoms with Crippen molar-refractivity contribution in [2.24, 2.45) is 0 Å². The van der Waals surface area contributed by atoms with E-state index in [0.717, 1.165) is 11.3 Å². The third kappa shape index (κ3) is 1.02. The largest absolute Gasteiger partial charge is 0.341 e. The summed E-state index contributed by atoms with van der Waals surface area (Å²) in [6.07, 6.45) is 3.35. The molecule has 0 atom stereocenters. The first-order valence-electron chi connectivity index (χ1n) is 3.27. The number of hydrogen-bond acceptors (Lipinski definition) is 2. The summed E-state index contributed by atoms with van der Waals surface area (Å²) in [6.45, 7) is 0.439. The average molecular weight is 148 g/mol. The van der Waals surface area contributed by atoms with E-state index in [1.165, 1.54) is 0 Å². The molecule has 1 aliphatic heterocycles. The fourth-order valence-electron chi connectivity index (χ4n) is 0.987. The summed E-state index contributed by atoms with van der Waals surface area (Å²) in [5.74, 6) is 0. The molecule has 2 heterocycles. The Hall–Kier alpha value is -1.58. The number of aromatic nitrogens is 1. The molecular weight excluding hydrogens is 142 g/mol. The normalized spacial score (nSPS) is 14.7. The van der Waals surface area contributed by atoms with Crippen molar-refractivity contribution in [1.29, 1.82) is 0 Å². The summed E-state index contributed by atoms with van der Waals surface area (Å²) < 4.78 is 0. The Labute approximate surface area is 63.6 Å². The Morgan fingerprint density at radius 3 is 3.36 bits per heavy atom. The van der Waals surface area contributed by atoms with Gasteiger partial charge in [0.05, 0.1) is 12.2 Å². The zero-order chi connectivity index (χ0) is 7.68. The number of urea groups is 1. The average Bonchev–Trinajstić information content (AvgIpc) is 2.04.